The Hall–Kier alpha value is -2.24. The number of oxazole rings is 1. The van der Waals surface area contributed by atoms with Crippen molar-refractivity contribution < 1.29 is 9.21 Å². The Bertz CT molecular complexity index is 654. The number of amides is 2. The molecule has 2 rings (SSSR count). The maximum Gasteiger partial charge on any atom is 0.417 e. The fourth-order valence-corrected chi connectivity index (χ4v) is 1.86. The van der Waals surface area contributed by atoms with E-state index >= 15 is 0 Å². The lowest BCUT2D eigenvalue weighted by Gasteiger charge is -2.25. The van der Waals surface area contributed by atoms with Crippen LogP contribution in [0.15, 0.2) is 27.4 Å². The second kappa shape index (κ2) is 4.79. The third-order valence-electron chi connectivity index (χ3n) is 3.12. The Kier molecular flexibility index (Phi) is 3.33. The van der Waals surface area contributed by atoms with Crippen LogP contribution in [0.1, 0.15) is 19.4 Å². The van der Waals surface area contributed by atoms with Crippen LogP contribution >= 0.6 is 0 Å². The molecule has 0 aliphatic rings. The van der Waals surface area contributed by atoms with E-state index in [-0.39, 0.29) is 11.4 Å². The van der Waals surface area contributed by atoms with Crippen LogP contribution in [0.5, 0.6) is 0 Å². The molecule has 1 heterocycles. The van der Waals surface area contributed by atoms with Gasteiger partial charge in [-0.1, -0.05) is 19.9 Å². The van der Waals surface area contributed by atoms with Crippen LogP contribution in [0.4, 0.5) is 4.79 Å². The molecule has 6 nitrogen and oxygen atoms in total. The summed E-state index contributed by atoms with van der Waals surface area (Å²) < 4.78 is 5.04. The van der Waals surface area contributed by atoms with E-state index in [4.69, 9.17) is 4.42 Å². The van der Waals surface area contributed by atoms with Gasteiger partial charge >= 0.3 is 11.8 Å². The van der Waals surface area contributed by atoms with Gasteiger partial charge in [0.05, 0.1) is 5.52 Å². The summed E-state index contributed by atoms with van der Waals surface area (Å²) in [5.74, 6) is -0.464. The van der Waals surface area contributed by atoms with Crippen molar-refractivity contribution in [2.45, 2.75) is 19.3 Å². The Morgan fingerprint density at radius 3 is 2.84 bits per heavy atom. The summed E-state index contributed by atoms with van der Waals surface area (Å²) in [7, 11) is 1.57. The van der Waals surface area contributed by atoms with Gasteiger partial charge in [-0.2, -0.15) is 0 Å². The first-order valence-electron chi connectivity index (χ1n) is 6.01. The zero-order valence-electron chi connectivity index (χ0n) is 11.2. The smallest absolute Gasteiger partial charge is 0.408 e. The largest absolute Gasteiger partial charge is 0.417 e. The molecule has 2 aromatic rings. The highest BCUT2D eigenvalue weighted by atomic mass is 16.4. The molecule has 0 bridgehead atoms. The number of benzene rings is 1. The molecule has 19 heavy (non-hydrogen) atoms. The maximum atomic E-state index is 11.2. The Balaban J connectivity index is 2.26. The number of H-pyrrole nitrogens is 1. The average molecular weight is 263 g/mol. The molecular weight excluding hydrogens is 246 g/mol. The van der Waals surface area contributed by atoms with Crippen LogP contribution in [0.25, 0.3) is 11.1 Å². The summed E-state index contributed by atoms with van der Waals surface area (Å²) in [6.45, 7) is 4.50. The van der Waals surface area contributed by atoms with Gasteiger partial charge in [-0.25, -0.2) is 9.59 Å². The first-order valence-corrected chi connectivity index (χ1v) is 6.01. The number of hydrogen-bond donors (Lipinski definition) is 3. The van der Waals surface area contributed by atoms with E-state index in [0.29, 0.717) is 17.6 Å². The summed E-state index contributed by atoms with van der Waals surface area (Å²) in [4.78, 5) is 24.9. The summed E-state index contributed by atoms with van der Waals surface area (Å²) >= 11 is 0. The van der Waals surface area contributed by atoms with Gasteiger partial charge in [-0.3, -0.25) is 4.98 Å². The van der Waals surface area contributed by atoms with Crippen molar-refractivity contribution in [2.24, 2.45) is 0 Å². The number of fused-ring (bicyclic) bond motifs is 1. The summed E-state index contributed by atoms with van der Waals surface area (Å²) in [6.07, 6.45) is 0. The number of rotatable bonds is 3. The van der Waals surface area contributed by atoms with Crippen LogP contribution in [-0.2, 0) is 5.41 Å². The van der Waals surface area contributed by atoms with Crippen molar-refractivity contribution in [3.05, 3.63) is 34.3 Å². The molecule has 0 atom stereocenters. The number of nitrogens with one attached hydrogen (secondary N) is 3. The molecule has 0 unspecified atom stereocenters. The second-order valence-corrected chi connectivity index (χ2v) is 5.04. The highest BCUT2D eigenvalue weighted by Crippen LogP contribution is 2.25. The molecule has 6 heteroatoms. The van der Waals surface area contributed by atoms with Gasteiger partial charge in [0, 0.05) is 19.0 Å². The number of urea groups is 1. The van der Waals surface area contributed by atoms with Gasteiger partial charge in [-0.05, 0) is 17.7 Å². The van der Waals surface area contributed by atoms with Crippen molar-refractivity contribution in [1.82, 2.24) is 15.6 Å². The number of carbonyl (C=O) groups excluding carboxylic acids is 1. The molecular formula is C13H17N3O3. The zero-order chi connectivity index (χ0) is 14.0. The molecule has 0 fully saturated rings. The quantitative estimate of drug-likeness (QED) is 0.780. The first kappa shape index (κ1) is 13.2. The minimum absolute atomic E-state index is 0.220. The minimum atomic E-state index is -0.464. The highest BCUT2D eigenvalue weighted by molar-refractivity contribution is 5.74. The fourth-order valence-electron chi connectivity index (χ4n) is 1.86. The van der Waals surface area contributed by atoms with Crippen LogP contribution < -0.4 is 16.4 Å². The molecule has 3 N–H and O–H groups in total. The predicted molar refractivity (Wildman–Crippen MR) is 72.3 cm³/mol. The van der Waals surface area contributed by atoms with Gasteiger partial charge in [0.25, 0.3) is 0 Å². The number of aromatic nitrogens is 1. The molecule has 0 aliphatic carbocycles. The van der Waals surface area contributed by atoms with Crippen LogP contribution in [-0.4, -0.2) is 24.6 Å². The lowest BCUT2D eigenvalue weighted by atomic mass is 9.84. The monoisotopic (exact) mass is 263 g/mol. The summed E-state index contributed by atoms with van der Waals surface area (Å²) in [6, 6.07) is 5.32. The van der Waals surface area contributed by atoms with Crippen molar-refractivity contribution in [3.63, 3.8) is 0 Å². The molecule has 1 aromatic heterocycles. The van der Waals surface area contributed by atoms with Gasteiger partial charge < -0.3 is 15.1 Å². The molecule has 0 saturated carbocycles. The molecule has 2 amide bonds. The van der Waals surface area contributed by atoms with Crippen molar-refractivity contribution in [2.75, 3.05) is 13.6 Å². The normalized spacial score (nSPS) is 11.5. The van der Waals surface area contributed by atoms with Crippen molar-refractivity contribution in [3.8, 4) is 0 Å². The topological polar surface area (TPSA) is 87.1 Å². The Labute approximate surface area is 110 Å². The molecule has 1 aromatic carbocycles. The Morgan fingerprint density at radius 2 is 2.16 bits per heavy atom. The second-order valence-electron chi connectivity index (χ2n) is 5.04. The SMILES string of the molecule is CNC(=O)NCC(C)(C)c1ccc2[nH]c(=O)oc2c1. The molecule has 0 spiro atoms. The van der Waals surface area contributed by atoms with E-state index in [1.165, 1.54) is 0 Å². The molecule has 0 saturated heterocycles. The zero-order valence-corrected chi connectivity index (χ0v) is 11.2. The van der Waals surface area contributed by atoms with Crippen LogP contribution in [0, 0.1) is 0 Å². The van der Waals surface area contributed by atoms with Crippen LogP contribution in [0.3, 0.4) is 0 Å². The van der Waals surface area contributed by atoms with E-state index < -0.39 is 5.76 Å². The molecule has 0 radical (unpaired) electrons. The lowest BCUT2D eigenvalue weighted by molar-refractivity contribution is 0.240. The third kappa shape index (κ3) is 2.78. The summed E-state index contributed by atoms with van der Waals surface area (Å²) in [5.41, 5.74) is 1.91. The van der Waals surface area contributed by atoms with Crippen molar-refractivity contribution in [1.29, 1.82) is 0 Å². The number of aromatic amines is 1. The highest BCUT2D eigenvalue weighted by Gasteiger charge is 2.22. The minimum Gasteiger partial charge on any atom is -0.408 e. The van der Waals surface area contributed by atoms with Crippen LogP contribution in [0.2, 0.25) is 0 Å². The van der Waals surface area contributed by atoms with E-state index in [0.717, 1.165) is 5.56 Å². The van der Waals surface area contributed by atoms with E-state index in [9.17, 15) is 9.59 Å². The Morgan fingerprint density at radius 1 is 1.42 bits per heavy atom. The van der Waals surface area contributed by atoms with E-state index in [1.54, 1.807) is 13.1 Å². The maximum absolute atomic E-state index is 11.2. The van der Waals surface area contributed by atoms with Gasteiger partial charge in [-0.15, -0.1) is 0 Å². The van der Waals surface area contributed by atoms with Gasteiger partial charge in [0.2, 0.25) is 0 Å². The van der Waals surface area contributed by atoms with Gasteiger partial charge in [0.1, 0.15) is 0 Å². The van der Waals surface area contributed by atoms with E-state index in [1.807, 2.05) is 26.0 Å². The summed E-state index contributed by atoms with van der Waals surface area (Å²) in [5, 5.41) is 5.28. The predicted octanol–water partition coefficient (Wildman–Crippen LogP) is 1.33. The van der Waals surface area contributed by atoms with Gasteiger partial charge in [0.15, 0.2) is 5.58 Å². The molecule has 0 aliphatic heterocycles. The van der Waals surface area contributed by atoms with E-state index in [2.05, 4.69) is 15.6 Å². The molecule has 102 valence electrons. The lowest BCUT2D eigenvalue weighted by Crippen LogP contribution is -2.40. The van der Waals surface area contributed by atoms with Crippen molar-refractivity contribution >= 4 is 17.1 Å². The standard InChI is InChI=1S/C13H17N3O3/c1-13(2,7-15-11(17)14-3)8-4-5-9-10(6-8)19-12(18)16-9/h4-6H,7H2,1-3H3,(H,16,18)(H2,14,15,17). The first-order chi connectivity index (χ1) is 8.92. The average Bonchev–Trinajstić information content (AvgIpc) is 2.74. The number of carbonyl (C=O) groups is 1. The third-order valence-corrected chi connectivity index (χ3v) is 3.12. The number of hydrogen-bond acceptors (Lipinski definition) is 3. The fraction of sp³-hybridized carbons (Fsp3) is 0.385.